The second-order valence-electron chi connectivity index (χ2n) is 3.49. The van der Waals surface area contributed by atoms with Crippen molar-refractivity contribution in [3.63, 3.8) is 0 Å². The van der Waals surface area contributed by atoms with Crippen molar-refractivity contribution in [2.75, 3.05) is 12.4 Å². The molecule has 1 aromatic rings. The first-order chi connectivity index (χ1) is 8.93. The third kappa shape index (κ3) is 5.83. The Kier molecular flexibility index (Phi) is 5.95. The molecule has 0 radical (unpaired) electrons. The first kappa shape index (κ1) is 15.6. The monoisotopic (exact) mass is 290 g/mol. The first-order valence-corrected chi connectivity index (χ1v) is 6.55. The van der Waals surface area contributed by atoms with Crippen molar-refractivity contribution in [2.45, 2.75) is 18.0 Å². The molecule has 0 fully saturated rings. The van der Waals surface area contributed by atoms with Gasteiger partial charge in [0.25, 0.3) is 0 Å². The summed E-state index contributed by atoms with van der Waals surface area (Å²) in [6, 6.07) is 5.07. The Labute approximate surface area is 113 Å². The molecule has 0 N–H and O–H groups in total. The van der Waals surface area contributed by atoms with Crippen LogP contribution in [0.4, 0.5) is 13.2 Å². The van der Waals surface area contributed by atoms with Gasteiger partial charge in [0.2, 0.25) is 0 Å². The average Bonchev–Trinajstić information content (AvgIpc) is 2.34. The minimum atomic E-state index is -4.34. The van der Waals surface area contributed by atoms with Gasteiger partial charge in [-0.25, -0.2) is 4.79 Å². The second kappa shape index (κ2) is 7.23. The van der Waals surface area contributed by atoms with Crippen molar-refractivity contribution < 1.29 is 22.7 Å². The lowest BCUT2D eigenvalue weighted by Crippen LogP contribution is -2.04. The topological polar surface area (TPSA) is 26.3 Å². The van der Waals surface area contributed by atoms with Gasteiger partial charge in [0, 0.05) is 16.7 Å². The molecule has 104 valence electrons. The van der Waals surface area contributed by atoms with E-state index in [2.05, 4.69) is 4.74 Å². The Balaban J connectivity index is 2.52. The van der Waals surface area contributed by atoms with Crippen molar-refractivity contribution in [3.05, 3.63) is 42.0 Å². The molecule has 1 aromatic carbocycles. The number of alkyl halides is 3. The molecule has 0 heterocycles. The Morgan fingerprint density at radius 1 is 1.42 bits per heavy atom. The van der Waals surface area contributed by atoms with Crippen LogP contribution in [-0.4, -0.2) is 18.3 Å². The van der Waals surface area contributed by atoms with Crippen molar-refractivity contribution in [1.29, 1.82) is 0 Å². The summed E-state index contributed by atoms with van der Waals surface area (Å²) < 4.78 is 42.1. The summed E-state index contributed by atoms with van der Waals surface area (Å²) >= 11 is 1.22. The highest BCUT2D eigenvalue weighted by atomic mass is 32.2. The predicted octanol–water partition coefficient (Wildman–Crippen LogP) is 3.92. The number of thioether (sulfide) groups is 1. The third-order valence-corrected chi connectivity index (χ3v) is 2.99. The van der Waals surface area contributed by atoms with Gasteiger partial charge in [-0.2, -0.15) is 13.2 Å². The van der Waals surface area contributed by atoms with Crippen LogP contribution < -0.4 is 0 Å². The molecule has 0 atom stereocenters. The lowest BCUT2D eigenvalue weighted by atomic mass is 10.2. The number of ether oxygens (including phenoxy) is 1. The highest BCUT2D eigenvalue weighted by Crippen LogP contribution is 2.31. The first-order valence-electron chi connectivity index (χ1n) is 5.57. The van der Waals surface area contributed by atoms with Crippen LogP contribution in [-0.2, 0) is 15.7 Å². The van der Waals surface area contributed by atoms with Crippen LogP contribution in [0.5, 0.6) is 0 Å². The Hall–Kier alpha value is -1.43. The van der Waals surface area contributed by atoms with Gasteiger partial charge in [-0.3, -0.25) is 0 Å². The number of carbonyl (C=O) groups is 1. The smallest absolute Gasteiger partial charge is 0.416 e. The maximum absolute atomic E-state index is 12.5. The van der Waals surface area contributed by atoms with E-state index in [4.69, 9.17) is 0 Å². The van der Waals surface area contributed by atoms with E-state index in [0.717, 1.165) is 12.1 Å². The SMILES string of the molecule is CCOC(=O)/C=C/CSc1cccc(C(F)(F)F)c1. The van der Waals surface area contributed by atoms with Gasteiger partial charge in [0.1, 0.15) is 0 Å². The van der Waals surface area contributed by atoms with Crippen LogP contribution in [0, 0.1) is 0 Å². The number of hydrogen-bond donors (Lipinski definition) is 0. The van der Waals surface area contributed by atoms with E-state index in [1.807, 2.05) is 0 Å². The third-order valence-electron chi connectivity index (χ3n) is 2.05. The number of esters is 1. The summed E-state index contributed by atoms with van der Waals surface area (Å²) in [6.07, 6.45) is -1.51. The van der Waals surface area contributed by atoms with Gasteiger partial charge < -0.3 is 4.74 Å². The minimum Gasteiger partial charge on any atom is -0.463 e. The molecule has 19 heavy (non-hydrogen) atoms. The zero-order valence-electron chi connectivity index (χ0n) is 10.2. The van der Waals surface area contributed by atoms with Gasteiger partial charge in [-0.15, -0.1) is 11.8 Å². The van der Waals surface area contributed by atoms with Crippen LogP contribution in [0.1, 0.15) is 12.5 Å². The van der Waals surface area contributed by atoms with Crippen LogP contribution in [0.2, 0.25) is 0 Å². The highest BCUT2D eigenvalue weighted by molar-refractivity contribution is 7.99. The zero-order chi connectivity index (χ0) is 14.3. The fourth-order valence-corrected chi connectivity index (χ4v) is 2.01. The summed E-state index contributed by atoms with van der Waals surface area (Å²) in [6.45, 7) is 1.99. The standard InChI is InChI=1S/C13H13F3O2S/c1-2-18-12(17)7-4-8-19-11-6-3-5-10(9-11)13(14,15)16/h3-7,9H,2,8H2,1H3/b7-4+. The van der Waals surface area contributed by atoms with E-state index >= 15 is 0 Å². The Morgan fingerprint density at radius 2 is 2.16 bits per heavy atom. The number of halogens is 3. The predicted molar refractivity (Wildman–Crippen MR) is 67.9 cm³/mol. The van der Waals surface area contributed by atoms with Gasteiger partial charge in [-0.1, -0.05) is 12.1 Å². The molecule has 0 spiro atoms. The van der Waals surface area contributed by atoms with E-state index in [1.54, 1.807) is 19.1 Å². The Bertz CT molecular complexity index is 455. The molecule has 0 aromatic heterocycles. The van der Waals surface area contributed by atoms with Crippen LogP contribution in [0.25, 0.3) is 0 Å². The lowest BCUT2D eigenvalue weighted by Gasteiger charge is -2.07. The van der Waals surface area contributed by atoms with Crippen molar-refractivity contribution in [1.82, 2.24) is 0 Å². The number of carbonyl (C=O) groups excluding carboxylic acids is 1. The molecule has 0 amide bonds. The Morgan fingerprint density at radius 3 is 2.79 bits per heavy atom. The van der Waals surface area contributed by atoms with Crippen LogP contribution in [0.3, 0.4) is 0 Å². The summed E-state index contributed by atoms with van der Waals surface area (Å²) in [5.74, 6) is -0.0488. The van der Waals surface area contributed by atoms with E-state index in [0.29, 0.717) is 17.3 Å². The molecular weight excluding hydrogens is 277 g/mol. The number of benzene rings is 1. The van der Waals surface area contributed by atoms with Gasteiger partial charge in [0.05, 0.1) is 12.2 Å². The maximum Gasteiger partial charge on any atom is 0.416 e. The molecule has 6 heteroatoms. The van der Waals surface area contributed by atoms with Gasteiger partial charge >= 0.3 is 12.1 Å². The van der Waals surface area contributed by atoms with Gasteiger partial charge in [-0.05, 0) is 25.1 Å². The summed E-state index contributed by atoms with van der Waals surface area (Å²) in [7, 11) is 0. The van der Waals surface area contributed by atoms with Crippen LogP contribution >= 0.6 is 11.8 Å². The van der Waals surface area contributed by atoms with E-state index < -0.39 is 17.7 Å². The van der Waals surface area contributed by atoms with Crippen molar-refractivity contribution >= 4 is 17.7 Å². The second-order valence-corrected chi connectivity index (χ2v) is 4.58. The van der Waals surface area contributed by atoms with E-state index in [-0.39, 0.29) is 0 Å². The molecule has 0 saturated carbocycles. The molecule has 0 aliphatic carbocycles. The molecule has 1 rings (SSSR count). The molecule has 0 aliphatic rings. The molecular formula is C13H13F3O2S. The summed E-state index contributed by atoms with van der Waals surface area (Å²) in [5.41, 5.74) is -0.674. The quantitative estimate of drug-likeness (QED) is 0.467. The number of hydrogen-bond acceptors (Lipinski definition) is 3. The fraction of sp³-hybridized carbons (Fsp3) is 0.308. The minimum absolute atomic E-state index is 0.296. The van der Waals surface area contributed by atoms with E-state index in [9.17, 15) is 18.0 Å². The van der Waals surface area contributed by atoms with Crippen molar-refractivity contribution in [2.24, 2.45) is 0 Å². The zero-order valence-corrected chi connectivity index (χ0v) is 11.1. The molecule has 0 unspecified atom stereocenters. The highest BCUT2D eigenvalue weighted by Gasteiger charge is 2.30. The molecule has 2 nitrogen and oxygen atoms in total. The summed E-state index contributed by atoms with van der Waals surface area (Å²) in [4.78, 5) is 11.5. The van der Waals surface area contributed by atoms with E-state index in [1.165, 1.54) is 23.9 Å². The normalized spacial score (nSPS) is 11.8. The average molecular weight is 290 g/mol. The largest absolute Gasteiger partial charge is 0.463 e. The van der Waals surface area contributed by atoms with Crippen molar-refractivity contribution in [3.8, 4) is 0 Å². The fourth-order valence-electron chi connectivity index (χ4n) is 1.24. The number of rotatable bonds is 5. The lowest BCUT2D eigenvalue weighted by molar-refractivity contribution is -0.138. The van der Waals surface area contributed by atoms with Crippen LogP contribution in [0.15, 0.2) is 41.3 Å². The molecule has 0 bridgehead atoms. The summed E-state index contributed by atoms with van der Waals surface area (Å²) in [5, 5.41) is 0. The molecule has 0 aliphatic heterocycles. The molecule has 0 saturated heterocycles. The van der Waals surface area contributed by atoms with Gasteiger partial charge in [0.15, 0.2) is 0 Å². The maximum atomic E-state index is 12.5.